The van der Waals surface area contributed by atoms with Gasteiger partial charge in [0.1, 0.15) is 0 Å². The van der Waals surface area contributed by atoms with Crippen molar-refractivity contribution in [3.8, 4) is 0 Å². The Morgan fingerprint density at radius 3 is 2.17 bits per heavy atom. The van der Waals surface area contributed by atoms with E-state index in [1.807, 2.05) is 18.2 Å². The van der Waals surface area contributed by atoms with Crippen molar-refractivity contribution in [3.63, 3.8) is 0 Å². The summed E-state index contributed by atoms with van der Waals surface area (Å²) in [6, 6.07) is 5.83. The third kappa shape index (κ3) is 2.78. The first-order valence-electron chi connectivity index (χ1n) is 6.63. The van der Waals surface area contributed by atoms with Crippen LogP contribution < -0.4 is 16.8 Å². The van der Waals surface area contributed by atoms with E-state index in [1.165, 1.54) is 5.56 Å². The molecule has 18 heavy (non-hydrogen) atoms. The van der Waals surface area contributed by atoms with Gasteiger partial charge in [0.2, 0.25) is 0 Å². The highest BCUT2D eigenvalue weighted by atomic mass is 15.0. The van der Waals surface area contributed by atoms with Gasteiger partial charge in [-0.15, -0.1) is 0 Å². The van der Waals surface area contributed by atoms with Crippen LogP contribution in [0.4, 0.5) is 11.4 Å². The monoisotopic (exact) mass is 247 g/mol. The minimum absolute atomic E-state index is 0.128. The molecule has 5 N–H and O–H groups in total. The first-order chi connectivity index (χ1) is 8.19. The van der Waals surface area contributed by atoms with Crippen molar-refractivity contribution < 1.29 is 0 Å². The molecule has 0 atom stereocenters. The van der Waals surface area contributed by atoms with Gasteiger partial charge in [-0.25, -0.2) is 0 Å². The molecule has 1 saturated heterocycles. The Kier molecular flexibility index (Phi) is 3.06. The highest BCUT2D eigenvalue weighted by Crippen LogP contribution is 2.41. The quantitative estimate of drug-likeness (QED) is 0.669. The lowest BCUT2D eigenvalue weighted by Crippen LogP contribution is -2.57. The van der Waals surface area contributed by atoms with E-state index in [2.05, 4.69) is 33.0 Å². The summed E-state index contributed by atoms with van der Waals surface area (Å²) in [5.41, 5.74) is 15.1. The van der Waals surface area contributed by atoms with Gasteiger partial charge in [-0.05, 0) is 70.2 Å². The van der Waals surface area contributed by atoms with E-state index >= 15 is 0 Å². The topological polar surface area (TPSA) is 64.1 Å². The van der Waals surface area contributed by atoms with Crippen molar-refractivity contribution >= 4 is 11.4 Å². The lowest BCUT2D eigenvalue weighted by molar-refractivity contribution is 0.162. The second-order valence-electron chi connectivity index (χ2n) is 6.89. The Balaban J connectivity index is 2.35. The molecule has 0 saturated carbocycles. The molecule has 1 aliphatic rings. The zero-order chi connectivity index (χ0) is 13.6. The molecule has 0 aliphatic carbocycles. The van der Waals surface area contributed by atoms with Gasteiger partial charge in [0.15, 0.2) is 0 Å². The summed E-state index contributed by atoms with van der Waals surface area (Å²) in [5, 5.41) is 3.69. The molecule has 0 spiro atoms. The van der Waals surface area contributed by atoms with Gasteiger partial charge < -0.3 is 16.8 Å². The third-order valence-corrected chi connectivity index (χ3v) is 3.74. The molecule has 1 aromatic rings. The number of nitrogen functional groups attached to an aromatic ring is 2. The molecule has 0 radical (unpaired) electrons. The lowest BCUT2D eigenvalue weighted by Gasteiger charge is -2.47. The number of benzene rings is 1. The zero-order valence-corrected chi connectivity index (χ0v) is 11.9. The van der Waals surface area contributed by atoms with E-state index in [0.29, 0.717) is 5.92 Å². The SMILES string of the molecule is CC1(C)CC(c2cc(N)ccc2N)CC(C)(C)N1. The Morgan fingerprint density at radius 2 is 1.61 bits per heavy atom. The minimum Gasteiger partial charge on any atom is -0.399 e. The number of anilines is 2. The maximum absolute atomic E-state index is 6.12. The van der Waals surface area contributed by atoms with Gasteiger partial charge in [0, 0.05) is 22.5 Å². The van der Waals surface area contributed by atoms with Crippen LogP contribution >= 0.6 is 0 Å². The van der Waals surface area contributed by atoms with Crippen molar-refractivity contribution in [2.75, 3.05) is 11.5 Å². The first kappa shape index (κ1) is 13.2. The van der Waals surface area contributed by atoms with Crippen molar-refractivity contribution in [3.05, 3.63) is 23.8 Å². The van der Waals surface area contributed by atoms with Crippen LogP contribution in [0.15, 0.2) is 18.2 Å². The van der Waals surface area contributed by atoms with Crippen LogP contribution in [0.1, 0.15) is 52.0 Å². The molecular formula is C15H25N3. The van der Waals surface area contributed by atoms with Gasteiger partial charge in [-0.1, -0.05) is 0 Å². The summed E-state index contributed by atoms with van der Waals surface area (Å²) in [6.45, 7) is 9.01. The molecule has 1 fully saturated rings. The van der Waals surface area contributed by atoms with Crippen LogP contribution in [0.2, 0.25) is 0 Å². The number of nitrogens with one attached hydrogen (secondary N) is 1. The predicted octanol–water partition coefficient (Wildman–Crippen LogP) is 2.88. The van der Waals surface area contributed by atoms with E-state index in [4.69, 9.17) is 11.5 Å². The van der Waals surface area contributed by atoms with Crippen LogP contribution in [0.3, 0.4) is 0 Å². The average Bonchev–Trinajstić information content (AvgIpc) is 2.17. The maximum atomic E-state index is 6.12. The minimum atomic E-state index is 0.128. The van der Waals surface area contributed by atoms with E-state index < -0.39 is 0 Å². The first-order valence-corrected chi connectivity index (χ1v) is 6.63. The largest absolute Gasteiger partial charge is 0.399 e. The molecule has 0 bridgehead atoms. The van der Waals surface area contributed by atoms with Gasteiger partial charge >= 0.3 is 0 Å². The lowest BCUT2D eigenvalue weighted by atomic mass is 9.73. The summed E-state index contributed by atoms with van der Waals surface area (Å²) in [4.78, 5) is 0. The molecular weight excluding hydrogens is 222 g/mol. The fourth-order valence-electron chi connectivity index (χ4n) is 3.49. The van der Waals surface area contributed by atoms with Gasteiger partial charge in [0.05, 0.1) is 0 Å². The van der Waals surface area contributed by atoms with Crippen LogP contribution in [-0.4, -0.2) is 11.1 Å². The van der Waals surface area contributed by atoms with E-state index in [-0.39, 0.29) is 11.1 Å². The Morgan fingerprint density at radius 1 is 1.06 bits per heavy atom. The fourth-order valence-corrected chi connectivity index (χ4v) is 3.49. The van der Waals surface area contributed by atoms with Crippen LogP contribution in [0.5, 0.6) is 0 Å². The second kappa shape index (κ2) is 4.16. The highest BCUT2D eigenvalue weighted by molar-refractivity contribution is 5.57. The molecule has 1 heterocycles. The Hall–Kier alpha value is -1.22. The molecule has 0 unspecified atom stereocenters. The molecule has 0 aromatic heterocycles. The summed E-state index contributed by atoms with van der Waals surface area (Å²) in [7, 11) is 0. The smallest absolute Gasteiger partial charge is 0.0350 e. The molecule has 2 rings (SSSR count). The Labute approximate surface area is 110 Å². The van der Waals surface area contributed by atoms with Crippen molar-refractivity contribution in [2.24, 2.45) is 0 Å². The maximum Gasteiger partial charge on any atom is 0.0350 e. The summed E-state index contributed by atoms with van der Waals surface area (Å²) in [6.07, 6.45) is 2.17. The van der Waals surface area contributed by atoms with Gasteiger partial charge in [0.25, 0.3) is 0 Å². The predicted molar refractivity (Wildman–Crippen MR) is 78.5 cm³/mol. The summed E-state index contributed by atoms with van der Waals surface area (Å²) >= 11 is 0. The normalized spacial score (nSPS) is 22.9. The molecule has 1 aliphatic heterocycles. The molecule has 3 nitrogen and oxygen atoms in total. The number of nitrogens with two attached hydrogens (primary N) is 2. The van der Waals surface area contributed by atoms with E-state index in [1.54, 1.807) is 0 Å². The highest BCUT2D eigenvalue weighted by Gasteiger charge is 2.38. The zero-order valence-electron chi connectivity index (χ0n) is 11.9. The second-order valence-corrected chi connectivity index (χ2v) is 6.89. The van der Waals surface area contributed by atoms with Crippen molar-refractivity contribution in [1.82, 2.24) is 5.32 Å². The van der Waals surface area contributed by atoms with Gasteiger partial charge in [-0.2, -0.15) is 0 Å². The van der Waals surface area contributed by atoms with Crippen molar-refractivity contribution in [2.45, 2.75) is 57.5 Å². The Bertz CT molecular complexity index is 433. The number of rotatable bonds is 1. The molecule has 100 valence electrons. The average molecular weight is 247 g/mol. The van der Waals surface area contributed by atoms with Crippen LogP contribution in [0, 0.1) is 0 Å². The molecule has 0 amide bonds. The summed E-state index contributed by atoms with van der Waals surface area (Å²) < 4.78 is 0. The number of hydrogen-bond donors (Lipinski definition) is 3. The van der Waals surface area contributed by atoms with Crippen molar-refractivity contribution in [1.29, 1.82) is 0 Å². The standard InChI is InChI=1S/C15H25N3/c1-14(2)8-10(9-15(3,4)18-14)12-7-11(16)5-6-13(12)17/h5-7,10,18H,8-9,16-17H2,1-4H3. The summed E-state index contributed by atoms with van der Waals surface area (Å²) in [5.74, 6) is 0.472. The number of piperidine rings is 1. The fraction of sp³-hybridized carbons (Fsp3) is 0.600. The van der Waals surface area contributed by atoms with Crippen LogP contribution in [0.25, 0.3) is 0 Å². The number of hydrogen-bond acceptors (Lipinski definition) is 3. The third-order valence-electron chi connectivity index (χ3n) is 3.74. The van der Waals surface area contributed by atoms with E-state index in [0.717, 1.165) is 24.2 Å². The van der Waals surface area contributed by atoms with E-state index in [9.17, 15) is 0 Å². The van der Waals surface area contributed by atoms with Crippen LogP contribution in [-0.2, 0) is 0 Å². The molecule has 1 aromatic carbocycles. The van der Waals surface area contributed by atoms with Gasteiger partial charge in [-0.3, -0.25) is 0 Å². The molecule has 3 heteroatoms.